The number of benzene rings is 2. The number of aryl methyl sites for hydroxylation is 2. The molecule has 0 atom stereocenters. The summed E-state index contributed by atoms with van der Waals surface area (Å²) in [6.45, 7) is 4.36. The smallest absolute Gasteiger partial charge is 0.262 e. The van der Waals surface area contributed by atoms with Gasteiger partial charge in [-0.1, -0.05) is 24.1 Å². The molecule has 0 radical (unpaired) electrons. The highest BCUT2D eigenvalue weighted by molar-refractivity contribution is 7.92. The summed E-state index contributed by atoms with van der Waals surface area (Å²) in [5.41, 5.74) is 1.38. The Hall–Kier alpha value is -1.61. The third-order valence-electron chi connectivity index (χ3n) is 4.83. The van der Waals surface area contributed by atoms with E-state index in [1.165, 1.54) is 28.6 Å². The average molecular weight is 443 g/mol. The number of anilines is 1. The van der Waals surface area contributed by atoms with Gasteiger partial charge in [0.25, 0.3) is 10.0 Å². The number of hydrogen-bond donors (Lipinski definition) is 1. The van der Waals surface area contributed by atoms with Gasteiger partial charge in [-0.05, 0) is 68.1 Å². The number of rotatable bonds is 5. The Balaban J connectivity index is 1.95. The summed E-state index contributed by atoms with van der Waals surface area (Å²) in [5, 5.41) is 0.447. The average Bonchev–Trinajstić information content (AvgIpc) is 2.63. The van der Waals surface area contributed by atoms with Crippen molar-refractivity contribution in [2.75, 3.05) is 17.8 Å². The third kappa shape index (κ3) is 4.35. The minimum atomic E-state index is -3.89. The first-order chi connectivity index (χ1) is 13.1. The van der Waals surface area contributed by atoms with Crippen molar-refractivity contribution < 1.29 is 16.8 Å². The van der Waals surface area contributed by atoms with Gasteiger partial charge in [0.15, 0.2) is 0 Å². The van der Waals surface area contributed by atoms with Crippen LogP contribution in [0.25, 0.3) is 0 Å². The number of nitrogens with zero attached hydrogens (tertiary/aromatic N) is 1. The molecule has 6 nitrogen and oxygen atoms in total. The lowest BCUT2D eigenvalue weighted by Crippen LogP contribution is -2.35. The Bertz CT molecular complexity index is 1090. The molecule has 0 aliphatic carbocycles. The van der Waals surface area contributed by atoms with Crippen LogP contribution >= 0.6 is 11.6 Å². The summed E-state index contributed by atoms with van der Waals surface area (Å²) in [7, 11) is -7.54. The lowest BCUT2D eigenvalue weighted by molar-refractivity contribution is 0.346. The largest absolute Gasteiger partial charge is 0.279 e. The third-order valence-corrected chi connectivity index (χ3v) is 8.49. The van der Waals surface area contributed by atoms with Crippen LogP contribution in [0.5, 0.6) is 0 Å². The van der Waals surface area contributed by atoms with Crippen molar-refractivity contribution >= 4 is 37.3 Å². The first-order valence-corrected chi connectivity index (χ1v) is 12.3. The second-order valence-electron chi connectivity index (χ2n) is 6.96. The van der Waals surface area contributed by atoms with Gasteiger partial charge in [-0.15, -0.1) is 0 Å². The van der Waals surface area contributed by atoms with Crippen molar-refractivity contribution in [1.82, 2.24) is 4.31 Å². The van der Waals surface area contributed by atoms with Crippen molar-refractivity contribution in [2.45, 2.75) is 42.9 Å². The van der Waals surface area contributed by atoms with E-state index in [0.717, 1.165) is 19.3 Å². The molecule has 1 heterocycles. The van der Waals surface area contributed by atoms with Gasteiger partial charge in [0, 0.05) is 18.1 Å². The van der Waals surface area contributed by atoms with Gasteiger partial charge in [0.05, 0.1) is 15.5 Å². The monoisotopic (exact) mass is 442 g/mol. The summed E-state index contributed by atoms with van der Waals surface area (Å²) in [6.07, 6.45) is 2.69. The van der Waals surface area contributed by atoms with E-state index < -0.39 is 20.0 Å². The van der Waals surface area contributed by atoms with Crippen molar-refractivity contribution in [3.8, 4) is 0 Å². The van der Waals surface area contributed by atoms with Gasteiger partial charge in [0.2, 0.25) is 10.0 Å². The van der Waals surface area contributed by atoms with Crippen LogP contribution in [0.2, 0.25) is 5.02 Å². The zero-order valence-electron chi connectivity index (χ0n) is 15.8. The van der Waals surface area contributed by atoms with Gasteiger partial charge >= 0.3 is 0 Å². The Morgan fingerprint density at radius 1 is 0.893 bits per heavy atom. The van der Waals surface area contributed by atoms with Gasteiger partial charge in [-0.25, -0.2) is 16.8 Å². The molecule has 152 valence electrons. The molecule has 1 fully saturated rings. The molecule has 1 aliphatic heterocycles. The zero-order valence-corrected chi connectivity index (χ0v) is 18.2. The summed E-state index contributed by atoms with van der Waals surface area (Å²) in [4.78, 5) is 0.186. The molecule has 1 aliphatic rings. The lowest BCUT2D eigenvalue weighted by atomic mass is 10.2. The number of nitrogens with one attached hydrogen (secondary N) is 1. The second kappa shape index (κ2) is 8.02. The Kier molecular flexibility index (Phi) is 6.05. The predicted octanol–water partition coefficient (Wildman–Crippen LogP) is 3.93. The fourth-order valence-corrected chi connectivity index (χ4v) is 6.36. The molecular weight excluding hydrogens is 420 g/mol. The Morgan fingerprint density at radius 2 is 1.57 bits per heavy atom. The minimum Gasteiger partial charge on any atom is -0.279 e. The molecule has 0 amide bonds. The van der Waals surface area contributed by atoms with E-state index in [4.69, 9.17) is 11.6 Å². The lowest BCUT2D eigenvalue weighted by Gasteiger charge is -2.26. The molecule has 28 heavy (non-hydrogen) atoms. The Morgan fingerprint density at radius 3 is 2.21 bits per heavy atom. The molecule has 1 N–H and O–H groups in total. The highest BCUT2D eigenvalue weighted by atomic mass is 35.5. The highest BCUT2D eigenvalue weighted by Gasteiger charge is 2.27. The summed E-state index contributed by atoms with van der Waals surface area (Å²) < 4.78 is 55.5. The van der Waals surface area contributed by atoms with Crippen LogP contribution in [0.4, 0.5) is 5.69 Å². The van der Waals surface area contributed by atoms with Crippen molar-refractivity contribution in [3.05, 3.63) is 52.5 Å². The van der Waals surface area contributed by atoms with Gasteiger partial charge in [-0.2, -0.15) is 4.31 Å². The number of sulfonamides is 2. The van der Waals surface area contributed by atoms with Crippen LogP contribution in [0, 0.1) is 13.8 Å². The fourth-order valence-electron chi connectivity index (χ4n) is 3.24. The van der Waals surface area contributed by atoms with E-state index in [1.54, 1.807) is 26.0 Å². The van der Waals surface area contributed by atoms with Crippen LogP contribution < -0.4 is 4.72 Å². The first-order valence-electron chi connectivity index (χ1n) is 9.01. The van der Waals surface area contributed by atoms with Crippen LogP contribution in [-0.4, -0.2) is 34.2 Å². The molecule has 9 heteroatoms. The van der Waals surface area contributed by atoms with Crippen molar-refractivity contribution in [1.29, 1.82) is 0 Å². The molecule has 0 unspecified atom stereocenters. The maximum absolute atomic E-state index is 12.9. The number of piperidine rings is 1. The maximum atomic E-state index is 12.9. The number of halogens is 1. The first kappa shape index (κ1) is 21.1. The van der Waals surface area contributed by atoms with Gasteiger partial charge in [-0.3, -0.25) is 4.72 Å². The standard InChI is InChI=1S/C19H23ClN2O4S2/c1-14-6-8-17(28(25,26)22-10-4-3-5-11-22)13-18(14)21-27(23,24)19-9-7-16(20)12-15(19)2/h6-9,12-13,21H,3-5,10-11H2,1-2H3. The van der Waals surface area contributed by atoms with Gasteiger partial charge < -0.3 is 0 Å². The minimum absolute atomic E-state index is 0.0885. The molecule has 1 saturated heterocycles. The van der Waals surface area contributed by atoms with Crippen molar-refractivity contribution in [3.63, 3.8) is 0 Å². The Labute approximate surface area is 171 Å². The quantitative estimate of drug-likeness (QED) is 0.760. The van der Waals surface area contributed by atoms with Gasteiger partial charge in [0.1, 0.15) is 0 Å². The number of hydrogen-bond acceptors (Lipinski definition) is 4. The molecule has 2 aromatic rings. The van der Waals surface area contributed by atoms with E-state index >= 15 is 0 Å². The van der Waals surface area contributed by atoms with E-state index in [0.29, 0.717) is 29.2 Å². The van der Waals surface area contributed by atoms with Crippen LogP contribution in [-0.2, 0) is 20.0 Å². The predicted molar refractivity (Wildman–Crippen MR) is 111 cm³/mol. The molecular formula is C19H23ClN2O4S2. The maximum Gasteiger partial charge on any atom is 0.262 e. The van der Waals surface area contributed by atoms with Crippen LogP contribution in [0.3, 0.4) is 0 Å². The molecule has 3 rings (SSSR count). The molecule has 2 aromatic carbocycles. The second-order valence-corrected chi connectivity index (χ2v) is 11.0. The normalized spacial score (nSPS) is 16.1. The molecule has 0 saturated carbocycles. The SMILES string of the molecule is Cc1ccc(S(=O)(=O)N2CCCCC2)cc1NS(=O)(=O)c1ccc(Cl)cc1C. The summed E-state index contributed by atoms with van der Waals surface area (Å²) >= 11 is 5.91. The van der Waals surface area contributed by atoms with E-state index in [1.807, 2.05) is 0 Å². The molecule has 0 spiro atoms. The van der Waals surface area contributed by atoms with Crippen LogP contribution in [0.15, 0.2) is 46.2 Å². The van der Waals surface area contributed by atoms with Crippen molar-refractivity contribution in [2.24, 2.45) is 0 Å². The van der Waals surface area contributed by atoms with Crippen LogP contribution in [0.1, 0.15) is 30.4 Å². The van der Waals surface area contributed by atoms with E-state index in [9.17, 15) is 16.8 Å². The topological polar surface area (TPSA) is 83.6 Å². The highest BCUT2D eigenvalue weighted by Crippen LogP contribution is 2.28. The summed E-state index contributed by atoms with van der Waals surface area (Å²) in [5.74, 6) is 0. The van der Waals surface area contributed by atoms with E-state index in [2.05, 4.69) is 4.72 Å². The fraction of sp³-hybridized carbons (Fsp3) is 0.368. The summed E-state index contributed by atoms with van der Waals surface area (Å²) in [6, 6.07) is 9.03. The molecule has 0 aromatic heterocycles. The molecule has 0 bridgehead atoms. The van der Waals surface area contributed by atoms with E-state index in [-0.39, 0.29) is 15.5 Å². The zero-order chi connectivity index (χ0) is 20.5.